The topological polar surface area (TPSA) is 84.2 Å². The summed E-state index contributed by atoms with van der Waals surface area (Å²) in [6.07, 6.45) is 2.11. The van der Waals surface area contributed by atoms with E-state index < -0.39 is 12.1 Å². The van der Waals surface area contributed by atoms with Crippen molar-refractivity contribution in [1.82, 2.24) is 5.32 Å². The number of amides is 3. The molecule has 0 aliphatic heterocycles. The molecular formula is C15H23N3O2. The van der Waals surface area contributed by atoms with Gasteiger partial charge >= 0.3 is 6.03 Å². The molecule has 0 saturated heterocycles. The third-order valence-electron chi connectivity index (χ3n) is 3.01. The largest absolute Gasteiger partial charge is 0.352 e. The molecule has 0 saturated carbocycles. The maximum atomic E-state index is 12.1. The van der Waals surface area contributed by atoms with Crippen LogP contribution in [0.2, 0.25) is 0 Å². The van der Waals surface area contributed by atoms with Crippen LogP contribution >= 0.6 is 0 Å². The summed E-state index contributed by atoms with van der Waals surface area (Å²) in [5.41, 5.74) is 7.04. The second-order valence-corrected chi connectivity index (χ2v) is 5.17. The van der Waals surface area contributed by atoms with Crippen molar-refractivity contribution in [2.75, 3.05) is 5.32 Å². The zero-order valence-electron chi connectivity index (χ0n) is 12.3. The summed E-state index contributed by atoms with van der Waals surface area (Å²) in [6, 6.07) is 6.38. The van der Waals surface area contributed by atoms with E-state index in [1.54, 1.807) is 0 Å². The molecule has 0 spiro atoms. The molecular weight excluding hydrogens is 254 g/mol. The fraction of sp³-hybridized carbons (Fsp3) is 0.467. The molecule has 1 aromatic carbocycles. The summed E-state index contributed by atoms with van der Waals surface area (Å²) in [4.78, 5) is 23.0. The number of aryl methyl sites for hydroxylation is 1. The number of anilines is 1. The molecule has 0 aliphatic carbocycles. The van der Waals surface area contributed by atoms with Crippen LogP contribution in [0, 0.1) is 5.92 Å². The predicted molar refractivity (Wildman–Crippen MR) is 80.4 cm³/mol. The fourth-order valence-electron chi connectivity index (χ4n) is 1.95. The Hall–Kier alpha value is -2.04. The van der Waals surface area contributed by atoms with Crippen molar-refractivity contribution < 1.29 is 9.59 Å². The Morgan fingerprint density at radius 2 is 1.80 bits per heavy atom. The first-order valence-corrected chi connectivity index (χ1v) is 6.89. The number of urea groups is 1. The van der Waals surface area contributed by atoms with E-state index in [1.165, 1.54) is 5.56 Å². The minimum atomic E-state index is -0.697. The van der Waals surface area contributed by atoms with Crippen molar-refractivity contribution in [3.63, 3.8) is 0 Å². The van der Waals surface area contributed by atoms with E-state index in [4.69, 9.17) is 5.73 Å². The van der Waals surface area contributed by atoms with Crippen LogP contribution in [0.1, 0.15) is 32.8 Å². The lowest BCUT2D eigenvalue weighted by Gasteiger charge is -2.20. The Kier molecular flexibility index (Phi) is 6.03. The number of rotatable bonds is 6. The molecule has 1 rings (SSSR count). The van der Waals surface area contributed by atoms with Crippen LogP contribution in [0.5, 0.6) is 0 Å². The van der Waals surface area contributed by atoms with Crippen molar-refractivity contribution >= 4 is 17.6 Å². The fourth-order valence-corrected chi connectivity index (χ4v) is 1.95. The van der Waals surface area contributed by atoms with Crippen LogP contribution < -0.4 is 16.4 Å². The van der Waals surface area contributed by atoms with Crippen molar-refractivity contribution in [2.45, 2.75) is 39.7 Å². The molecule has 4 N–H and O–H groups in total. The van der Waals surface area contributed by atoms with Crippen molar-refractivity contribution in [1.29, 1.82) is 0 Å². The van der Waals surface area contributed by atoms with E-state index in [1.807, 2.05) is 38.1 Å². The minimum absolute atomic E-state index is 0.0399. The van der Waals surface area contributed by atoms with E-state index in [-0.39, 0.29) is 11.8 Å². The molecule has 0 aromatic heterocycles. The minimum Gasteiger partial charge on any atom is -0.352 e. The molecule has 5 heteroatoms. The third-order valence-corrected chi connectivity index (χ3v) is 3.01. The van der Waals surface area contributed by atoms with Crippen molar-refractivity contribution in [2.24, 2.45) is 11.7 Å². The maximum absolute atomic E-state index is 12.1. The zero-order chi connectivity index (χ0) is 15.1. The summed E-state index contributed by atoms with van der Waals surface area (Å²) in [6.45, 7) is 5.83. The Morgan fingerprint density at radius 3 is 2.25 bits per heavy atom. The summed E-state index contributed by atoms with van der Waals surface area (Å²) in [7, 11) is 0. The van der Waals surface area contributed by atoms with E-state index in [9.17, 15) is 9.59 Å². The molecule has 0 aliphatic rings. The van der Waals surface area contributed by atoms with Crippen LogP contribution in [-0.4, -0.2) is 18.0 Å². The number of hydrogen-bond donors (Lipinski definition) is 3. The first kappa shape index (κ1) is 16.0. The monoisotopic (exact) mass is 277 g/mol. The smallest absolute Gasteiger partial charge is 0.312 e. The molecule has 3 amide bonds. The Bertz CT molecular complexity index is 455. The first-order valence-electron chi connectivity index (χ1n) is 6.89. The average molecular weight is 277 g/mol. The highest BCUT2D eigenvalue weighted by Crippen LogP contribution is 2.12. The summed E-state index contributed by atoms with van der Waals surface area (Å²) in [5, 5.41) is 5.25. The molecule has 0 heterocycles. The molecule has 0 radical (unpaired) electrons. The molecule has 1 aromatic rings. The summed E-state index contributed by atoms with van der Waals surface area (Å²) >= 11 is 0. The van der Waals surface area contributed by atoms with Gasteiger partial charge in [0.1, 0.15) is 6.04 Å². The predicted octanol–water partition coefficient (Wildman–Crippen LogP) is 2.27. The van der Waals surface area contributed by atoms with Gasteiger partial charge in [-0.05, 0) is 30.0 Å². The number of hydrogen-bond acceptors (Lipinski definition) is 2. The van der Waals surface area contributed by atoms with Crippen LogP contribution in [0.15, 0.2) is 24.3 Å². The maximum Gasteiger partial charge on any atom is 0.312 e. The average Bonchev–Trinajstić information content (AvgIpc) is 2.38. The van der Waals surface area contributed by atoms with E-state index in [0.29, 0.717) is 5.69 Å². The van der Waals surface area contributed by atoms with Crippen LogP contribution in [0.25, 0.3) is 0 Å². The van der Waals surface area contributed by atoms with Crippen molar-refractivity contribution in [3.8, 4) is 0 Å². The molecule has 0 fully saturated rings. The van der Waals surface area contributed by atoms with Gasteiger partial charge in [-0.1, -0.05) is 39.3 Å². The Balaban J connectivity index is 2.69. The van der Waals surface area contributed by atoms with Crippen LogP contribution in [-0.2, 0) is 11.2 Å². The lowest BCUT2D eigenvalue weighted by atomic mass is 10.0. The van der Waals surface area contributed by atoms with Crippen LogP contribution in [0.4, 0.5) is 10.5 Å². The second-order valence-electron chi connectivity index (χ2n) is 5.17. The molecule has 1 unspecified atom stereocenters. The van der Waals surface area contributed by atoms with Gasteiger partial charge < -0.3 is 16.4 Å². The number of nitrogens with one attached hydrogen (secondary N) is 2. The van der Waals surface area contributed by atoms with Gasteiger partial charge in [-0.25, -0.2) is 4.79 Å². The van der Waals surface area contributed by atoms with E-state index >= 15 is 0 Å². The summed E-state index contributed by atoms with van der Waals surface area (Å²) < 4.78 is 0. The van der Waals surface area contributed by atoms with Crippen molar-refractivity contribution in [3.05, 3.63) is 29.8 Å². The van der Waals surface area contributed by atoms with Gasteiger partial charge in [0.05, 0.1) is 0 Å². The number of primary amides is 1. The van der Waals surface area contributed by atoms with Gasteiger partial charge in [0, 0.05) is 5.69 Å². The first-order chi connectivity index (χ1) is 9.43. The van der Waals surface area contributed by atoms with Gasteiger partial charge in [0.15, 0.2) is 0 Å². The molecule has 1 atom stereocenters. The van der Waals surface area contributed by atoms with Gasteiger partial charge in [0.25, 0.3) is 0 Å². The van der Waals surface area contributed by atoms with E-state index in [2.05, 4.69) is 17.6 Å². The normalized spacial score (nSPS) is 12.0. The van der Waals surface area contributed by atoms with Gasteiger partial charge in [-0.3, -0.25) is 4.79 Å². The SMILES string of the molecule is CCCc1ccc(NC(=O)C(NC(N)=O)C(C)C)cc1. The highest BCUT2D eigenvalue weighted by molar-refractivity contribution is 5.97. The molecule has 5 nitrogen and oxygen atoms in total. The number of carbonyl (C=O) groups is 2. The van der Waals surface area contributed by atoms with Gasteiger partial charge in [-0.2, -0.15) is 0 Å². The summed E-state index contributed by atoms with van der Waals surface area (Å²) in [5.74, 6) is -0.302. The third kappa shape index (κ3) is 4.91. The molecule has 110 valence electrons. The number of carbonyl (C=O) groups excluding carboxylic acids is 2. The highest BCUT2D eigenvalue weighted by Gasteiger charge is 2.23. The Labute approximate surface area is 119 Å². The van der Waals surface area contributed by atoms with Crippen LogP contribution in [0.3, 0.4) is 0 Å². The molecule has 20 heavy (non-hydrogen) atoms. The second kappa shape index (κ2) is 7.53. The Morgan fingerprint density at radius 1 is 1.20 bits per heavy atom. The molecule has 0 bridgehead atoms. The highest BCUT2D eigenvalue weighted by atomic mass is 16.2. The van der Waals surface area contributed by atoms with Gasteiger partial charge in [-0.15, -0.1) is 0 Å². The standard InChI is InChI=1S/C15H23N3O2/c1-4-5-11-6-8-12(9-7-11)17-14(19)13(10(2)3)18-15(16)20/h6-10,13H,4-5H2,1-3H3,(H,17,19)(H3,16,18,20). The lowest BCUT2D eigenvalue weighted by Crippen LogP contribution is -2.49. The van der Waals surface area contributed by atoms with E-state index in [0.717, 1.165) is 12.8 Å². The lowest BCUT2D eigenvalue weighted by molar-refractivity contribution is -0.118. The quantitative estimate of drug-likeness (QED) is 0.745. The van der Waals surface area contributed by atoms with Gasteiger partial charge in [0.2, 0.25) is 5.91 Å². The zero-order valence-corrected chi connectivity index (χ0v) is 12.3. The number of benzene rings is 1. The number of nitrogens with two attached hydrogens (primary N) is 1.